The van der Waals surface area contributed by atoms with Crippen molar-refractivity contribution < 1.29 is 18.3 Å². The first kappa shape index (κ1) is 16.2. The normalized spacial score (nSPS) is 13.5. The maximum absolute atomic E-state index is 12.0. The van der Waals surface area contributed by atoms with Crippen LogP contribution in [0.4, 0.5) is 10.8 Å². The van der Waals surface area contributed by atoms with Gasteiger partial charge in [-0.25, -0.2) is 8.42 Å². The van der Waals surface area contributed by atoms with Crippen molar-refractivity contribution in [3.05, 3.63) is 0 Å². The summed E-state index contributed by atoms with van der Waals surface area (Å²) in [5.41, 5.74) is 5.64. The van der Waals surface area contributed by atoms with Gasteiger partial charge in [0, 0.05) is 20.7 Å². The zero-order chi connectivity index (χ0) is 14.6. The summed E-state index contributed by atoms with van der Waals surface area (Å²) in [6.07, 6.45) is -0.712. The fraction of sp³-hybridized carbons (Fsp3) is 0.700. The summed E-state index contributed by atoms with van der Waals surface area (Å²) < 4.78 is 32.7. The third kappa shape index (κ3) is 3.78. The van der Waals surface area contributed by atoms with Crippen molar-refractivity contribution in [2.45, 2.75) is 17.9 Å². The Labute approximate surface area is 117 Å². The van der Waals surface area contributed by atoms with Crippen LogP contribution >= 0.6 is 11.5 Å². The van der Waals surface area contributed by atoms with E-state index in [0.29, 0.717) is 5.00 Å². The highest BCUT2D eigenvalue weighted by Crippen LogP contribution is 2.34. The zero-order valence-corrected chi connectivity index (χ0v) is 12.8. The van der Waals surface area contributed by atoms with Crippen molar-refractivity contribution in [3.63, 3.8) is 0 Å². The van der Waals surface area contributed by atoms with E-state index < -0.39 is 15.9 Å². The highest BCUT2D eigenvalue weighted by atomic mass is 32.2. The molecule has 0 saturated carbocycles. The number of aliphatic hydroxyl groups is 1. The van der Waals surface area contributed by atoms with Crippen LogP contribution in [0.25, 0.3) is 0 Å². The van der Waals surface area contributed by atoms with Crippen molar-refractivity contribution in [1.29, 1.82) is 0 Å². The van der Waals surface area contributed by atoms with Crippen LogP contribution in [0.1, 0.15) is 6.92 Å². The Morgan fingerprint density at radius 3 is 2.74 bits per heavy atom. The van der Waals surface area contributed by atoms with E-state index in [1.54, 1.807) is 18.9 Å². The number of aromatic nitrogens is 1. The number of methoxy groups -OCH3 is 1. The Kier molecular flexibility index (Phi) is 5.53. The molecule has 3 N–H and O–H groups in total. The van der Waals surface area contributed by atoms with E-state index in [4.69, 9.17) is 10.5 Å². The van der Waals surface area contributed by atoms with Gasteiger partial charge < -0.3 is 20.5 Å². The van der Waals surface area contributed by atoms with Gasteiger partial charge in [0.15, 0.2) is 15.7 Å². The van der Waals surface area contributed by atoms with Gasteiger partial charge in [0.05, 0.1) is 18.5 Å². The molecule has 0 aliphatic carbocycles. The predicted molar refractivity (Wildman–Crippen MR) is 75.4 cm³/mol. The van der Waals surface area contributed by atoms with Crippen molar-refractivity contribution in [3.8, 4) is 0 Å². The van der Waals surface area contributed by atoms with Crippen LogP contribution in [0.3, 0.4) is 0 Å². The SMILES string of the molecule is CCS(=O)(=O)c1c(N)nsc1N(C)CC(O)COC. The van der Waals surface area contributed by atoms with E-state index in [2.05, 4.69) is 4.37 Å². The monoisotopic (exact) mass is 309 g/mol. The quantitative estimate of drug-likeness (QED) is 0.728. The molecule has 0 aromatic carbocycles. The van der Waals surface area contributed by atoms with Crippen LogP contribution in [0.5, 0.6) is 0 Å². The van der Waals surface area contributed by atoms with Crippen LogP contribution in [0.15, 0.2) is 4.90 Å². The van der Waals surface area contributed by atoms with Crippen molar-refractivity contribution in [1.82, 2.24) is 4.37 Å². The predicted octanol–water partition coefficient (Wildman–Crippen LogP) is -0.0376. The maximum atomic E-state index is 12.0. The van der Waals surface area contributed by atoms with Crippen molar-refractivity contribution >= 4 is 32.2 Å². The van der Waals surface area contributed by atoms with Gasteiger partial charge in [-0.3, -0.25) is 0 Å². The molecule has 0 aliphatic rings. The summed E-state index contributed by atoms with van der Waals surface area (Å²) in [6.45, 7) is 1.96. The largest absolute Gasteiger partial charge is 0.389 e. The van der Waals surface area contributed by atoms with Gasteiger partial charge in [0.25, 0.3) is 0 Å². The van der Waals surface area contributed by atoms with Crippen LogP contribution < -0.4 is 10.6 Å². The standard InChI is InChI=1S/C10H19N3O4S2/c1-4-19(15,16)8-9(11)12-18-10(8)13(2)5-7(14)6-17-3/h7,14H,4-6H2,1-3H3,(H2,11,12). The lowest BCUT2D eigenvalue weighted by molar-refractivity contribution is 0.0695. The number of nitrogens with zero attached hydrogens (tertiary/aromatic N) is 2. The minimum Gasteiger partial charge on any atom is -0.389 e. The first-order valence-corrected chi connectivity index (χ1v) is 8.12. The van der Waals surface area contributed by atoms with E-state index in [0.717, 1.165) is 11.5 Å². The minimum absolute atomic E-state index is 0.00920. The molecule has 0 saturated heterocycles. The summed E-state index contributed by atoms with van der Waals surface area (Å²) >= 11 is 1.01. The number of aliphatic hydroxyl groups excluding tert-OH is 1. The number of nitrogens with two attached hydrogens (primary N) is 1. The highest BCUT2D eigenvalue weighted by Gasteiger charge is 2.26. The molecule has 1 atom stereocenters. The minimum atomic E-state index is -3.44. The average molecular weight is 309 g/mol. The molecule has 7 nitrogen and oxygen atoms in total. The topological polar surface area (TPSA) is 106 Å². The molecule has 110 valence electrons. The highest BCUT2D eigenvalue weighted by molar-refractivity contribution is 7.91. The van der Waals surface area contributed by atoms with Gasteiger partial charge in [0.1, 0.15) is 9.90 Å². The summed E-state index contributed by atoms with van der Waals surface area (Å²) in [5.74, 6) is -0.0354. The first-order valence-electron chi connectivity index (χ1n) is 5.69. The molecule has 1 aromatic rings. The van der Waals surface area contributed by atoms with Gasteiger partial charge in [-0.15, -0.1) is 0 Å². The molecule has 9 heteroatoms. The molecule has 0 bridgehead atoms. The molecule has 1 rings (SSSR count). The molecule has 0 radical (unpaired) electrons. The smallest absolute Gasteiger partial charge is 0.184 e. The fourth-order valence-corrected chi connectivity index (χ4v) is 3.91. The second-order valence-corrected chi connectivity index (χ2v) is 7.06. The van der Waals surface area contributed by atoms with Gasteiger partial charge in [-0.2, -0.15) is 4.37 Å². The number of ether oxygens (including phenoxy) is 1. The lowest BCUT2D eigenvalue weighted by Gasteiger charge is -2.21. The van der Waals surface area contributed by atoms with Crippen LogP contribution in [-0.4, -0.2) is 57.1 Å². The Balaban J connectivity index is 3.02. The lowest BCUT2D eigenvalue weighted by atomic mass is 10.3. The number of anilines is 2. The van der Waals surface area contributed by atoms with Crippen LogP contribution in [0.2, 0.25) is 0 Å². The van der Waals surface area contributed by atoms with Gasteiger partial charge in [0.2, 0.25) is 0 Å². The summed E-state index contributed by atoms with van der Waals surface area (Å²) in [6, 6.07) is 0. The summed E-state index contributed by atoms with van der Waals surface area (Å²) in [7, 11) is -0.273. The molecule has 0 fully saturated rings. The van der Waals surface area contributed by atoms with Gasteiger partial charge in [-0.05, 0) is 11.5 Å². The van der Waals surface area contributed by atoms with Gasteiger partial charge >= 0.3 is 0 Å². The maximum Gasteiger partial charge on any atom is 0.184 e. The van der Waals surface area contributed by atoms with Crippen molar-refractivity contribution in [2.75, 3.05) is 43.7 Å². The number of hydrogen-bond acceptors (Lipinski definition) is 8. The Morgan fingerprint density at radius 1 is 1.58 bits per heavy atom. The second-order valence-electron chi connectivity index (χ2n) is 4.10. The fourth-order valence-electron chi connectivity index (χ4n) is 1.61. The Hall–Kier alpha value is -0.900. The molecular formula is C10H19N3O4S2. The second kappa shape index (κ2) is 6.51. The summed E-state index contributed by atoms with van der Waals surface area (Å²) in [4.78, 5) is 1.67. The average Bonchev–Trinajstić information content (AvgIpc) is 2.72. The van der Waals surface area contributed by atoms with Crippen LogP contribution in [-0.2, 0) is 14.6 Å². The first-order chi connectivity index (χ1) is 8.83. The van der Waals surface area contributed by atoms with E-state index in [-0.39, 0.29) is 29.6 Å². The third-order valence-corrected chi connectivity index (χ3v) is 5.43. The molecule has 19 heavy (non-hydrogen) atoms. The zero-order valence-electron chi connectivity index (χ0n) is 11.2. The van der Waals surface area contributed by atoms with Crippen molar-refractivity contribution in [2.24, 2.45) is 0 Å². The van der Waals surface area contributed by atoms with E-state index in [9.17, 15) is 13.5 Å². The Bertz CT molecular complexity index is 515. The number of rotatable bonds is 7. The van der Waals surface area contributed by atoms with E-state index in [1.165, 1.54) is 7.11 Å². The van der Waals surface area contributed by atoms with Crippen LogP contribution in [0, 0.1) is 0 Å². The molecule has 0 amide bonds. The molecule has 0 spiro atoms. The van der Waals surface area contributed by atoms with Gasteiger partial charge in [-0.1, -0.05) is 6.92 Å². The molecule has 1 aromatic heterocycles. The van der Waals surface area contributed by atoms with E-state index in [1.807, 2.05) is 0 Å². The number of likely N-dealkylation sites (N-methyl/N-ethyl adjacent to an activating group) is 1. The lowest BCUT2D eigenvalue weighted by Crippen LogP contribution is -2.32. The Morgan fingerprint density at radius 2 is 2.21 bits per heavy atom. The third-order valence-electron chi connectivity index (χ3n) is 2.54. The number of sulfone groups is 1. The molecule has 1 unspecified atom stereocenters. The summed E-state index contributed by atoms with van der Waals surface area (Å²) in [5, 5.41) is 10.1. The van der Waals surface area contributed by atoms with E-state index >= 15 is 0 Å². The molecule has 1 heterocycles. The molecule has 0 aliphatic heterocycles. The molecular weight excluding hydrogens is 290 g/mol. The number of hydrogen-bond donors (Lipinski definition) is 2. The number of nitrogen functional groups attached to an aromatic ring is 1.